The van der Waals surface area contributed by atoms with E-state index in [1.54, 1.807) is 120 Å². The van der Waals surface area contributed by atoms with E-state index in [-0.39, 0.29) is 159 Å². The van der Waals surface area contributed by atoms with Crippen LogP contribution in [0.2, 0.25) is 10.0 Å². The summed E-state index contributed by atoms with van der Waals surface area (Å²) in [6.45, 7) is 4.27. The summed E-state index contributed by atoms with van der Waals surface area (Å²) >= 11 is 11.9. The number of ether oxygens (including phenoxy) is 13. The van der Waals surface area contributed by atoms with Crippen LogP contribution < -0.4 is 59.4 Å². The third-order valence-corrected chi connectivity index (χ3v) is 25.7. The van der Waals surface area contributed by atoms with Gasteiger partial charge in [-0.1, -0.05) is 95.5 Å². The van der Waals surface area contributed by atoms with Crippen LogP contribution in [-0.2, 0) is 154 Å². The highest BCUT2D eigenvalue weighted by atomic mass is 35.5. The molecule has 0 amide bonds. The number of imidazole rings is 4. The number of aromatic nitrogens is 16. The molecule has 0 saturated carbocycles. The Hall–Kier alpha value is -14.3. The number of nitrogens with one attached hydrogen (secondary N) is 4. The molecule has 4 atom stereocenters. The number of carbonyl (C=O) groups excluding carboxylic acids is 4. The van der Waals surface area contributed by atoms with Crippen molar-refractivity contribution in [1.82, 2.24) is 78.1 Å². The molecule has 53 nitrogen and oxygen atoms in total. The van der Waals surface area contributed by atoms with Gasteiger partial charge in [-0.2, -0.15) is 19.9 Å². The Morgan fingerprint density at radius 2 is 0.696 bits per heavy atom. The van der Waals surface area contributed by atoms with Gasteiger partial charge in [0.05, 0.1) is 98.5 Å². The smallest absolute Gasteiger partial charge is 0.496 e. The van der Waals surface area contributed by atoms with Crippen LogP contribution in [0.5, 0.6) is 17.2 Å². The fourth-order valence-corrected chi connectivity index (χ4v) is 17.1. The van der Waals surface area contributed by atoms with Crippen LogP contribution in [0.1, 0.15) is 47.2 Å². The molecule has 6 aromatic carbocycles. The maximum absolute atomic E-state index is 13.6. The molecule has 4 unspecified atom stereocenters. The Morgan fingerprint density at radius 1 is 0.392 bits per heavy atom. The second-order valence-electron chi connectivity index (χ2n) is 30.5. The molecule has 0 fully saturated rings. The van der Waals surface area contributed by atoms with Gasteiger partial charge in [0.1, 0.15) is 54.3 Å². The van der Waals surface area contributed by atoms with E-state index in [1.807, 2.05) is 13.8 Å². The number of hydrogen-bond donors (Lipinski definition) is 8. The average molecular weight is 2180 g/mol. The highest BCUT2D eigenvalue weighted by molar-refractivity contribution is 7.54. The number of nitrogens with zero attached hydrogens (tertiary/aromatic N) is 12. The molecule has 12 N–H and O–H groups in total. The number of benzene rings is 6. The number of halogens is 4. The molecule has 0 radical (unpaired) electrons. The Bertz CT molecular complexity index is 7350. The number of rotatable bonds is 48. The molecule has 792 valence electrons. The zero-order valence-corrected chi connectivity index (χ0v) is 84.3. The molecule has 14 aromatic rings. The summed E-state index contributed by atoms with van der Waals surface area (Å²) in [6.07, 6.45) is -0.943. The lowest BCUT2D eigenvalue weighted by atomic mass is 10.2. The number of anilines is 4. The fraction of sp³-hybridized carbons (Fsp3) is 0.310. The quantitative estimate of drug-likeness (QED) is 0.00438. The van der Waals surface area contributed by atoms with Crippen molar-refractivity contribution in [3.63, 3.8) is 0 Å². The van der Waals surface area contributed by atoms with Gasteiger partial charge in [0.15, 0.2) is 44.7 Å². The van der Waals surface area contributed by atoms with E-state index < -0.39 is 148 Å². The minimum Gasteiger partial charge on any atom is -0.496 e. The van der Waals surface area contributed by atoms with Crippen LogP contribution in [0.3, 0.4) is 0 Å². The summed E-state index contributed by atoms with van der Waals surface area (Å²) in [7, 11) is -13.2. The maximum atomic E-state index is 13.6. The molecule has 0 spiro atoms. The standard InChI is InChI=1S/C25H27FN5O9P.C24H25FN5O8P.C20H25ClN5O8P.C18H21ClN5O8P/c1-16-6-7-19(11-20(16)35-2)40-25(33)37-14-39-41(34,38-12-17-4-3-5-18(26)10-17)15-36-9-8-31-13-28-21-22(31)29-24(27)30-23(21)32;1-16-5-7-19(8-6-16)38-24(32)35-14-37-39(33,36-12-17-3-2-4-18(25)11-17)15-34-10-9-30-13-27-20-21(30)28-23(26)29-22(20)31;1-13(2)34-20(28)31-11-33-35(29,32-9-14-4-3-5-15(21)8-14)12-30-7-6-26-10-23-16-17(26)24-19(22)25-18(16)27;1-28-18(26)30-10-32-33(27,31-8-12-3-2-4-13(19)7-12)11-29-6-5-24-9-21-14-15(24)22-17(20)23-16(14)25/h3-7,10-11,13H,8-9,12,14-15H2,1-2H3,(H3,27,29,30,32);2-8,11,13H,9-10,12,14-15H2,1H3,(H3,26,28,29,31);3-5,8,10,13H,6-7,9,11-12H2,1-2H3,(H3,22,24,25,27);2-4,7,9H,5-6,8,10-11H2,1H3,(H3,20,22,23,25). The summed E-state index contributed by atoms with van der Waals surface area (Å²) in [5.74, 6) is -0.311. The molecule has 0 aliphatic heterocycles. The van der Waals surface area contributed by atoms with E-state index in [0.29, 0.717) is 38.0 Å². The minimum absolute atomic E-state index is 0.00710. The molecule has 8 heterocycles. The molecule has 0 saturated heterocycles. The van der Waals surface area contributed by atoms with E-state index in [9.17, 15) is 65.4 Å². The van der Waals surface area contributed by atoms with Gasteiger partial charge in [-0.25, -0.2) is 47.9 Å². The second kappa shape index (κ2) is 55.5. The van der Waals surface area contributed by atoms with Crippen molar-refractivity contribution in [1.29, 1.82) is 0 Å². The van der Waals surface area contributed by atoms with Crippen LogP contribution in [0.4, 0.5) is 51.8 Å². The molecular formula is C87H98Cl2F2N20O33P4. The van der Waals surface area contributed by atoms with E-state index in [2.05, 4.69) is 69.3 Å². The minimum atomic E-state index is -4.04. The molecule has 61 heteroatoms. The zero-order valence-electron chi connectivity index (χ0n) is 79.3. The second-order valence-corrected chi connectivity index (χ2v) is 39.4. The summed E-state index contributed by atoms with van der Waals surface area (Å²) in [4.78, 5) is 136. The van der Waals surface area contributed by atoms with Gasteiger partial charge in [0.25, 0.3) is 22.2 Å². The molecule has 0 bridgehead atoms. The number of aryl methyl sites for hydroxylation is 2. The zero-order chi connectivity index (χ0) is 107. The van der Waals surface area contributed by atoms with Crippen molar-refractivity contribution in [3.8, 4) is 17.2 Å². The summed E-state index contributed by atoms with van der Waals surface area (Å²) in [5.41, 5.74) is 25.9. The van der Waals surface area contributed by atoms with Gasteiger partial charge in [0.2, 0.25) is 51.0 Å². The third kappa shape index (κ3) is 36.4. The maximum Gasteiger partial charge on any atom is 0.515 e. The van der Waals surface area contributed by atoms with Crippen molar-refractivity contribution in [2.75, 3.05) is 116 Å². The van der Waals surface area contributed by atoms with Crippen molar-refractivity contribution >= 4 is 147 Å². The number of fused-ring (bicyclic) bond motifs is 4. The molecule has 14 rings (SSSR count). The van der Waals surface area contributed by atoms with Crippen LogP contribution in [-0.4, -0.2) is 202 Å². The first-order valence-electron chi connectivity index (χ1n) is 43.4. The van der Waals surface area contributed by atoms with Gasteiger partial charge in [0, 0.05) is 42.3 Å². The number of nitrogens with two attached hydrogens (primary N) is 4. The molecule has 8 aromatic heterocycles. The summed E-state index contributed by atoms with van der Waals surface area (Å²) in [6, 6.07) is 36.0. The van der Waals surface area contributed by atoms with Crippen LogP contribution >= 0.6 is 53.6 Å². The Balaban J connectivity index is 0.000000188. The highest BCUT2D eigenvalue weighted by Gasteiger charge is 2.32. The van der Waals surface area contributed by atoms with Gasteiger partial charge in [-0.15, -0.1) is 0 Å². The van der Waals surface area contributed by atoms with Gasteiger partial charge in [-0.05, 0) is 122 Å². The molecule has 0 aliphatic rings. The highest BCUT2D eigenvalue weighted by Crippen LogP contribution is 2.52. The SMILES string of the molecule is CC(C)OC(=O)OCOP(=O)(COCCn1cnc2c(=O)[nH]c(N)nc21)OCc1cccc(Cl)c1.COC(=O)OCOP(=O)(COCCn1cnc2c(=O)[nH]c(N)nc21)OCc1cccc(Cl)c1.COc1cc(OC(=O)OCOP(=O)(COCCn2cnc3c(=O)[nH]c(N)nc32)OCc2cccc(F)c2)ccc1C.Cc1ccc(OC(=O)OCOP(=O)(COCCn2cnc3c(=O)[nH]c(N)nc32)OCc2cccc(F)c2)cc1. The van der Waals surface area contributed by atoms with Crippen molar-refractivity contribution in [3.05, 3.63) is 261 Å². The first kappa shape index (κ1) is 114. The van der Waals surface area contributed by atoms with Crippen molar-refractivity contribution in [2.45, 2.75) is 86.4 Å². The number of H-pyrrole nitrogens is 4. The lowest BCUT2D eigenvalue weighted by Gasteiger charge is -2.19. The molecule has 148 heavy (non-hydrogen) atoms. The van der Waals surface area contributed by atoms with Crippen molar-refractivity contribution < 1.29 is 144 Å². The van der Waals surface area contributed by atoms with Gasteiger partial charge in [-0.3, -0.25) is 75.5 Å². The molecule has 0 aliphatic carbocycles. The largest absolute Gasteiger partial charge is 0.515 e. The van der Waals surface area contributed by atoms with Gasteiger partial charge >= 0.3 is 55.0 Å². The summed E-state index contributed by atoms with van der Waals surface area (Å²) in [5, 5.41) is 0.969. The predicted octanol–water partition coefficient (Wildman–Crippen LogP) is 13.2. The number of methoxy groups -OCH3 is 2. The van der Waals surface area contributed by atoms with E-state index in [4.69, 9.17) is 134 Å². The van der Waals surface area contributed by atoms with Crippen molar-refractivity contribution in [2.24, 2.45) is 0 Å². The van der Waals surface area contributed by atoms with E-state index in [0.717, 1.165) is 18.2 Å². The fourth-order valence-electron chi connectivity index (χ4n) is 12.2. The van der Waals surface area contributed by atoms with E-state index >= 15 is 0 Å². The average Bonchev–Trinajstić information content (AvgIpc) is 1.67. The Kier molecular flexibility index (Phi) is 42.7. The third-order valence-electron chi connectivity index (χ3n) is 19.2. The van der Waals surface area contributed by atoms with Gasteiger partial charge < -0.3 is 121 Å². The number of aromatic amines is 4. The topological polar surface area (TPSA) is 689 Å². The lowest BCUT2D eigenvalue weighted by Crippen LogP contribution is -2.16. The first-order valence-corrected chi connectivity index (χ1v) is 51.1. The van der Waals surface area contributed by atoms with Crippen LogP contribution in [0, 0.1) is 25.5 Å². The Labute approximate surface area is 845 Å². The van der Waals surface area contributed by atoms with Crippen LogP contribution in [0.15, 0.2) is 184 Å². The first-order chi connectivity index (χ1) is 70.8. The summed E-state index contributed by atoms with van der Waals surface area (Å²) < 4.78 is 195. The van der Waals surface area contributed by atoms with Crippen LogP contribution in [0.25, 0.3) is 44.7 Å². The normalized spacial score (nSPS) is 12.9. The van der Waals surface area contributed by atoms with E-state index in [1.165, 1.54) is 84.0 Å². The number of hydrogen-bond acceptors (Lipinski definition) is 45. The predicted molar refractivity (Wildman–Crippen MR) is 522 cm³/mol. The Morgan fingerprint density at radius 3 is 1.01 bits per heavy atom. The number of carbonyl (C=O) groups is 4. The lowest BCUT2D eigenvalue weighted by molar-refractivity contribution is -0.0166. The monoisotopic (exact) mass is 2180 g/mol. The number of nitrogen functional groups attached to an aromatic ring is 4. The molecular weight excluding hydrogens is 2090 g/mol.